The van der Waals surface area contributed by atoms with Crippen LogP contribution in [0, 0.1) is 11.2 Å². The zero-order valence-electron chi connectivity index (χ0n) is 16.0. The van der Waals surface area contributed by atoms with Gasteiger partial charge in [0.05, 0.1) is 13.2 Å². The second-order valence-corrected chi connectivity index (χ2v) is 6.53. The molecular weight excluding hydrogens is 365 g/mol. The Morgan fingerprint density at radius 3 is 2.54 bits per heavy atom. The largest absolute Gasteiger partial charge is 0.485 e. The summed E-state index contributed by atoms with van der Waals surface area (Å²) in [6.07, 6.45) is 1.85. The predicted molar refractivity (Wildman–Crippen MR) is 101 cm³/mol. The van der Waals surface area contributed by atoms with Gasteiger partial charge >= 0.3 is 5.97 Å². The molecule has 0 aliphatic heterocycles. The molecule has 2 atom stereocenters. The molecule has 1 saturated carbocycles. The van der Waals surface area contributed by atoms with Crippen LogP contribution in [0.3, 0.4) is 0 Å². The highest BCUT2D eigenvalue weighted by molar-refractivity contribution is 5.87. The summed E-state index contributed by atoms with van der Waals surface area (Å²) in [5.74, 6) is 2.46. The van der Waals surface area contributed by atoms with Gasteiger partial charge in [0.2, 0.25) is 5.76 Å². The fourth-order valence-corrected chi connectivity index (χ4v) is 3.49. The van der Waals surface area contributed by atoms with E-state index in [2.05, 4.69) is 5.32 Å². The van der Waals surface area contributed by atoms with Crippen LogP contribution in [0.5, 0.6) is 0 Å². The number of esters is 1. The minimum absolute atomic E-state index is 0.117. The third kappa shape index (κ3) is 4.33. The Labute approximate surface area is 163 Å². The number of halogens is 1. The number of carbonyl (C=O) groups excluding carboxylic acids is 3. The normalized spacial score (nSPS) is 19.3. The number of carbonyl (C=O) groups is 1. The lowest BCUT2D eigenvalue weighted by molar-refractivity contribution is -0.153. The lowest BCUT2D eigenvalue weighted by Crippen LogP contribution is -2.49. The van der Waals surface area contributed by atoms with Crippen LogP contribution in [0.25, 0.3) is 0 Å². The first-order valence-electron chi connectivity index (χ1n) is 9.35. The van der Waals surface area contributed by atoms with Crippen LogP contribution in [-0.2, 0) is 23.9 Å². The van der Waals surface area contributed by atoms with E-state index in [1.165, 1.54) is 24.3 Å². The zero-order chi connectivity index (χ0) is 20.6. The first kappa shape index (κ1) is 21.4. The fourth-order valence-electron chi connectivity index (χ4n) is 3.49. The molecule has 1 N–H and O–H groups in total. The molecule has 0 saturated heterocycles. The maximum Gasteiger partial charge on any atom is 0.319 e. The molecule has 1 aliphatic rings. The van der Waals surface area contributed by atoms with Crippen molar-refractivity contribution in [3.05, 3.63) is 41.4 Å². The quantitative estimate of drug-likeness (QED) is 0.397. The molecule has 6 nitrogen and oxygen atoms in total. The van der Waals surface area contributed by atoms with Gasteiger partial charge < -0.3 is 14.8 Å². The molecule has 0 aromatic heterocycles. The van der Waals surface area contributed by atoms with Gasteiger partial charge in [-0.05, 0) is 56.9 Å². The maximum absolute atomic E-state index is 13.3. The average molecular weight is 389 g/mol. The summed E-state index contributed by atoms with van der Waals surface area (Å²) in [5, 5.41) is 3.06. The molecule has 0 amide bonds. The zero-order valence-corrected chi connectivity index (χ0v) is 16.0. The van der Waals surface area contributed by atoms with Crippen molar-refractivity contribution < 1.29 is 28.2 Å². The van der Waals surface area contributed by atoms with Crippen LogP contribution in [0.2, 0.25) is 0 Å². The highest BCUT2D eigenvalue weighted by Gasteiger charge is 2.56. The van der Waals surface area contributed by atoms with E-state index in [0.29, 0.717) is 24.9 Å². The van der Waals surface area contributed by atoms with Gasteiger partial charge in [-0.15, -0.1) is 0 Å². The van der Waals surface area contributed by atoms with Crippen molar-refractivity contribution in [3.63, 3.8) is 0 Å². The summed E-state index contributed by atoms with van der Waals surface area (Å²) in [5.41, 5.74) is -0.759. The van der Waals surface area contributed by atoms with Crippen LogP contribution in [0.15, 0.2) is 35.6 Å². The lowest BCUT2D eigenvalue weighted by atomic mass is 9.74. The first-order valence-corrected chi connectivity index (χ1v) is 9.35. The summed E-state index contributed by atoms with van der Waals surface area (Å²) in [7, 11) is 0. The monoisotopic (exact) mass is 389 g/mol. The van der Waals surface area contributed by atoms with E-state index in [-0.39, 0.29) is 31.0 Å². The molecule has 7 heteroatoms. The SMILES string of the molecule is CCCOC(=C=O)C(Nc1ccc(F)cc1)C1(C(=O)OCC)CCCC1=C=O. The first-order chi connectivity index (χ1) is 13.5. The second-order valence-electron chi connectivity index (χ2n) is 6.53. The van der Waals surface area contributed by atoms with Crippen molar-refractivity contribution >= 4 is 23.5 Å². The molecule has 28 heavy (non-hydrogen) atoms. The topological polar surface area (TPSA) is 81.7 Å². The lowest BCUT2D eigenvalue weighted by Gasteiger charge is -2.36. The van der Waals surface area contributed by atoms with Crippen molar-refractivity contribution in [1.82, 2.24) is 0 Å². The van der Waals surface area contributed by atoms with E-state index in [0.717, 1.165) is 0 Å². The minimum atomic E-state index is -1.44. The van der Waals surface area contributed by atoms with Gasteiger partial charge in [-0.2, -0.15) is 0 Å². The van der Waals surface area contributed by atoms with Crippen molar-refractivity contribution in [2.75, 3.05) is 18.5 Å². The molecule has 1 fully saturated rings. The highest BCUT2D eigenvalue weighted by atomic mass is 19.1. The molecule has 2 unspecified atom stereocenters. The number of hydrogen-bond acceptors (Lipinski definition) is 6. The van der Waals surface area contributed by atoms with Gasteiger partial charge in [0.1, 0.15) is 23.2 Å². The Bertz CT molecular complexity index is 794. The van der Waals surface area contributed by atoms with Crippen LogP contribution >= 0.6 is 0 Å². The average Bonchev–Trinajstić information content (AvgIpc) is 3.14. The van der Waals surface area contributed by atoms with Crippen molar-refractivity contribution in [3.8, 4) is 0 Å². The van der Waals surface area contributed by atoms with E-state index >= 15 is 0 Å². The molecule has 1 aliphatic carbocycles. The van der Waals surface area contributed by atoms with Crippen LogP contribution in [0.1, 0.15) is 39.5 Å². The van der Waals surface area contributed by atoms with Crippen LogP contribution < -0.4 is 5.32 Å². The highest BCUT2D eigenvalue weighted by Crippen LogP contribution is 2.48. The number of anilines is 1. The van der Waals surface area contributed by atoms with Gasteiger partial charge in [-0.3, -0.25) is 4.79 Å². The molecule has 150 valence electrons. The molecule has 0 radical (unpaired) electrons. The number of ether oxygens (including phenoxy) is 2. The summed E-state index contributed by atoms with van der Waals surface area (Å²) >= 11 is 0. The second kappa shape index (κ2) is 9.88. The maximum atomic E-state index is 13.3. The van der Waals surface area contributed by atoms with Crippen LogP contribution in [0.4, 0.5) is 10.1 Å². The molecule has 2 rings (SSSR count). The van der Waals surface area contributed by atoms with Gasteiger partial charge in [0.15, 0.2) is 5.94 Å². The molecule has 0 heterocycles. The van der Waals surface area contributed by atoms with Crippen molar-refractivity contribution in [2.45, 2.75) is 45.6 Å². The van der Waals surface area contributed by atoms with E-state index in [1.54, 1.807) is 12.9 Å². The Morgan fingerprint density at radius 2 is 1.96 bits per heavy atom. The Hall–Kier alpha value is -2.88. The summed E-state index contributed by atoms with van der Waals surface area (Å²) in [4.78, 5) is 36.4. The van der Waals surface area contributed by atoms with E-state index in [4.69, 9.17) is 9.47 Å². The number of hydrogen-bond donors (Lipinski definition) is 1. The van der Waals surface area contributed by atoms with Gasteiger partial charge in [0.25, 0.3) is 0 Å². The smallest absolute Gasteiger partial charge is 0.319 e. The molecule has 0 bridgehead atoms. The standard InChI is InChI=1S/C21H24FNO5/c1-3-12-28-18(14-25)19(23-17-9-7-16(22)8-10-17)21(20(26)27-4-2)11-5-6-15(21)13-24/h7-10,19,23H,3-6,11-12H2,1-2H3. The van der Waals surface area contributed by atoms with E-state index in [1.807, 2.05) is 12.9 Å². The fraction of sp³-hybridized carbons (Fsp3) is 0.476. The number of benzene rings is 1. The summed E-state index contributed by atoms with van der Waals surface area (Å²) in [6, 6.07) is 4.42. The van der Waals surface area contributed by atoms with Gasteiger partial charge in [-0.1, -0.05) is 6.92 Å². The van der Waals surface area contributed by atoms with E-state index in [9.17, 15) is 18.8 Å². The summed E-state index contributed by atoms with van der Waals surface area (Å²) < 4.78 is 24.1. The number of rotatable bonds is 9. The Kier molecular flexibility index (Phi) is 7.56. The number of nitrogens with one attached hydrogen (secondary N) is 1. The summed E-state index contributed by atoms with van der Waals surface area (Å²) in [6.45, 7) is 3.90. The third-order valence-corrected chi connectivity index (χ3v) is 4.77. The molecule has 0 spiro atoms. The molecule has 1 aromatic rings. The van der Waals surface area contributed by atoms with Gasteiger partial charge in [0, 0.05) is 11.3 Å². The predicted octanol–water partition coefficient (Wildman–Crippen LogP) is 3.24. The van der Waals surface area contributed by atoms with Crippen molar-refractivity contribution in [1.29, 1.82) is 0 Å². The third-order valence-electron chi connectivity index (χ3n) is 4.77. The Balaban J connectivity index is 2.58. The molecular formula is C21H24FNO5. The minimum Gasteiger partial charge on any atom is -0.485 e. The Morgan fingerprint density at radius 1 is 1.25 bits per heavy atom. The van der Waals surface area contributed by atoms with E-state index < -0.39 is 23.2 Å². The van der Waals surface area contributed by atoms with Crippen LogP contribution in [-0.4, -0.2) is 37.1 Å². The van der Waals surface area contributed by atoms with Crippen molar-refractivity contribution in [2.24, 2.45) is 5.41 Å². The van der Waals surface area contributed by atoms with Gasteiger partial charge in [-0.25, -0.2) is 14.0 Å². The molecule has 1 aromatic carbocycles.